The van der Waals surface area contributed by atoms with Crippen molar-refractivity contribution in [3.8, 4) is 23.3 Å². The number of carbonyl (C=O) groups excluding carboxylic acids is 1. The van der Waals surface area contributed by atoms with Crippen LogP contribution in [0.1, 0.15) is 35.1 Å². The van der Waals surface area contributed by atoms with E-state index >= 15 is 0 Å². The molecule has 0 unspecified atom stereocenters. The van der Waals surface area contributed by atoms with Crippen molar-refractivity contribution in [1.82, 2.24) is 9.97 Å². The summed E-state index contributed by atoms with van der Waals surface area (Å²) in [4.78, 5) is 20.1. The second kappa shape index (κ2) is 9.49. The Morgan fingerprint density at radius 3 is 2.67 bits per heavy atom. The number of amides is 1. The zero-order valence-electron chi connectivity index (χ0n) is 18.5. The first-order chi connectivity index (χ1) is 16.0. The fourth-order valence-corrected chi connectivity index (χ4v) is 3.41. The van der Waals surface area contributed by atoms with Crippen LogP contribution in [0.3, 0.4) is 0 Å². The Morgan fingerprint density at radius 2 is 1.97 bits per heavy atom. The number of rotatable bonds is 6. The number of anilines is 3. The molecule has 1 heterocycles. The van der Waals surface area contributed by atoms with Crippen molar-refractivity contribution in [2.75, 3.05) is 31.0 Å². The molecule has 1 aliphatic rings. The predicted molar refractivity (Wildman–Crippen MR) is 127 cm³/mol. The fraction of sp³-hybridized carbons (Fsp3) is 0.240. The highest BCUT2D eigenvalue weighted by Crippen LogP contribution is 2.33. The summed E-state index contributed by atoms with van der Waals surface area (Å²) >= 11 is 0. The van der Waals surface area contributed by atoms with Gasteiger partial charge in [0, 0.05) is 35.3 Å². The van der Waals surface area contributed by atoms with Crippen LogP contribution < -0.4 is 26.3 Å². The van der Waals surface area contributed by atoms with Crippen molar-refractivity contribution in [2.24, 2.45) is 5.92 Å². The lowest BCUT2D eigenvalue weighted by Gasteiger charge is -2.13. The molecular weight excluding hydrogens is 418 g/mol. The van der Waals surface area contributed by atoms with E-state index in [4.69, 9.17) is 20.9 Å². The molecule has 0 spiro atoms. The number of nitrogens with zero attached hydrogens (tertiary/aromatic N) is 2. The maximum absolute atomic E-state index is 12.0. The quantitative estimate of drug-likeness (QED) is 0.500. The van der Waals surface area contributed by atoms with Gasteiger partial charge in [0.15, 0.2) is 11.5 Å². The van der Waals surface area contributed by atoms with Crippen LogP contribution in [0, 0.1) is 17.8 Å². The van der Waals surface area contributed by atoms with E-state index in [1.54, 1.807) is 20.4 Å². The summed E-state index contributed by atoms with van der Waals surface area (Å²) < 4.78 is 11.1. The molecule has 8 nitrogen and oxygen atoms in total. The zero-order chi connectivity index (χ0) is 23.4. The minimum atomic E-state index is 0.0603. The van der Waals surface area contributed by atoms with Crippen molar-refractivity contribution in [2.45, 2.75) is 19.3 Å². The van der Waals surface area contributed by atoms with Gasteiger partial charge < -0.3 is 26.3 Å². The maximum Gasteiger partial charge on any atom is 0.227 e. The zero-order valence-corrected chi connectivity index (χ0v) is 18.5. The van der Waals surface area contributed by atoms with Crippen LogP contribution >= 0.6 is 0 Å². The third-order valence-electron chi connectivity index (χ3n) is 5.27. The Bertz CT molecular complexity index is 1260. The average Bonchev–Trinajstić information content (AvgIpc) is 3.65. The van der Waals surface area contributed by atoms with Crippen molar-refractivity contribution in [3.63, 3.8) is 0 Å². The number of nitrogen functional groups attached to an aromatic ring is 2. The summed E-state index contributed by atoms with van der Waals surface area (Å²) in [6.07, 6.45) is 4.00. The second-order valence-corrected chi connectivity index (χ2v) is 7.79. The number of aromatic nitrogens is 2. The van der Waals surface area contributed by atoms with E-state index in [1.165, 1.54) is 0 Å². The number of nitrogens with one attached hydrogen (secondary N) is 1. The highest BCUT2D eigenvalue weighted by atomic mass is 16.5. The SMILES string of the molecule is COc1cc(Cc2cnc(N)nc2N)cc(C#Cc2cccc(NC(=O)C3CC3)c2)c1OC. The molecule has 0 radical (unpaired) electrons. The number of hydrogen-bond acceptors (Lipinski definition) is 7. The van der Waals surface area contributed by atoms with Gasteiger partial charge in [0.25, 0.3) is 0 Å². The Hall–Kier alpha value is -4.25. The molecule has 5 N–H and O–H groups in total. The molecule has 1 fully saturated rings. The fourth-order valence-electron chi connectivity index (χ4n) is 3.41. The first-order valence-electron chi connectivity index (χ1n) is 10.5. The molecule has 0 saturated heterocycles. The smallest absolute Gasteiger partial charge is 0.227 e. The molecule has 33 heavy (non-hydrogen) atoms. The van der Waals surface area contributed by atoms with Gasteiger partial charge in [0.1, 0.15) is 5.82 Å². The van der Waals surface area contributed by atoms with Gasteiger partial charge in [-0.05, 0) is 48.7 Å². The minimum absolute atomic E-state index is 0.0603. The molecule has 168 valence electrons. The van der Waals surface area contributed by atoms with Crippen LogP contribution in [0.5, 0.6) is 11.5 Å². The third-order valence-corrected chi connectivity index (χ3v) is 5.27. The van der Waals surface area contributed by atoms with Crippen LogP contribution in [0.4, 0.5) is 17.5 Å². The standard InChI is InChI=1S/C25H25N5O3/c1-32-21-13-16(11-19-14-28-25(27)30-23(19)26)10-18(22(21)33-2)7-6-15-4-3-5-20(12-15)29-24(31)17-8-9-17/h3-5,10,12-14,17H,8-9,11H2,1-2H3,(H,29,31)(H4,26,27,28,30). The molecule has 4 rings (SSSR count). The molecule has 1 amide bonds. The molecule has 0 atom stereocenters. The van der Waals surface area contributed by atoms with Crippen molar-refractivity contribution in [1.29, 1.82) is 0 Å². The van der Waals surface area contributed by atoms with Gasteiger partial charge in [0.05, 0.1) is 19.8 Å². The summed E-state index contributed by atoms with van der Waals surface area (Å²) in [5.41, 5.74) is 15.4. The summed E-state index contributed by atoms with van der Waals surface area (Å²) in [7, 11) is 3.15. The van der Waals surface area contributed by atoms with Crippen LogP contribution in [0.25, 0.3) is 0 Å². The lowest BCUT2D eigenvalue weighted by Crippen LogP contribution is -2.13. The Kier molecular flexibility index (Phi) is 6.31. The molecule has 0 bridgehead atoms. The predicted octanol–water partition coefficient (Wildman–Crippen LogP) is 3.00. The molecule has 1 aromatic heterocycles. The van der Waals surface area contributed by atoms with Crippen LogP contribution in [-0.2, 0) is 11.2 Å². The molecule has 3 aromatic rings. The average molecular weight is 444 g/mol. The van der Waals surface area contributed by atoms with Crippen LogP contribution in [0.15, 0.2) is 42.6 Å². The van der Waals surface area contributed by atoms with Crippen molar-refractivity contribution < 1.29 is 14.3 Å². The Balaban J connectivity index is 1.64. The third kappa shape index (κ3) is 5.33. The van der Waals surface area contributed by atoms with Gasteiger partial charge >= 0.3 is 0 Å². The molecule has 0 aliphatic heterocycles. The van der Waals surface area contributed by atoms with Crippen molar-refractivity contribution >= 4 is 23.4 Å². The van der Waals surface area contributed by atoms with E-state index in [2.05, 4.69) is 27.1 Å². The van der Waals surface area contributed by atoms with E-state index in [9.17, 15) is 4.79 Å². The molecular formula is C25H25N5O3. The number of carbonyl (C=O) groups is 1. The number of nitrogens with two attached hydrogens (primary N) is 2. The summed E-state index contributed by atoms with van der Waals surface area (Å²) in [6, 6.07) is 11.3. The first-order valence-corrected chi connectivity index (χ1v) is 10.5. The van der Waals surface area contributed by atoms with Crippen molar-refractivity contribution in [3.05, 3.63) is 64.8 Å². The summed E-state index contributed by atoms with van der Waals surface area (Å²) in [6.45, 7) is 0. The Morgan fingerprint density at radius 1 is 1.15 bits per heavy atom. The van der Waals surface area contributed by atoms with E-state index in [0.29, 0.717) is 29.3 Å². The second-order valence-electron chi connectivity index (χ2n) is 7.79. The van der Waals surface area contributed by atoms with E-state index in [0.717, 1.165) is 35.2 Å². The van der Waals surface area contributed by atoms with Crippen LogP contribution in [-0.4, -0.2) is 30.1 Å². The first kappa shape index (κ1) is 22.0. The van der Waals surface area contributed by atoms with E-state index in [1.807, 2.05) is 36.4 Å². The lowest BCUT2D eigenvalue weighted by molar-refractivity contribution is -0.117. The molecule has 1 aliphatic carbocycles. The number of hydrogen-bond donors (Lipinski definition) is 3. The normalized spacial score (nSPS) is 12.4. The number of methoxy groups -OCH3 is 2. The lowest BCUT2D eigenvalue weighted by atomic mass is 10.0. The van der Waals surface area contributed by atoms with Crippen LogP contribution in [0.2, 0.25) is 0 Å². The van der Waals surface area contributed by atoms with Gasteiger partial charge in [-0.1, -0.05) is 17.9 Å². The molecule has 1 saturated carbocycles. The molecule has 8 heteroatoms. The van der Waals surface area contributed by atoms with Gasteiger partial charge in [-0.2, -0.15) is 4.98 Å². The summed E-state index contributed by atoms with van der Waals surface area (Å²) in [5, 5.41) is 2.94. The largest absolute Gasteiger partial charge is 0.493 e. The van der Waals surface area contributed by atoms with Gasteiger partial charge in [0.2, 0.25) is 11.9 Å². The van der Waals surface area contributed by atoms with E-state index in [-0.39, 0.29) is 17.8 Å². The highest BCUT2D eigenvalue weighted by Gasteiger charge is 2.29. The number of ether oxygens (including phenoxy) is 2. The van der Waals surface area contributed by atoms with Gasteiger partial charge in [-0.15, -0.1) is 0 Å². The van der Waals surface area contributed by atoms with Gasteiger partial charge in [-0.25, -0.2) is 4.98 Å². The monoisotopic (exact) mass is 443 g/mol. The minimum Gasteiger partial charge on any atom is -0.493 e. The summed E-state index contributed by atoms with van der Waals surface area (Å²) in [5.74, 6) is 8.07. The maximum atomic E-state index is 12.0. The topological polar surface area (TPSA) is 125 Å². The molecule has 2 aromatic carbocycles. The number of benzene rings is 2. The van der Waals surface area contributed by atoms with Gasteiger partial charge in [-0.3, -0.25) is 4.79 Å². The Labute approximate surface area is 192 Å². The van der Waals surface area contributed by atoms with E-state index < -0.39 is 0 Å². The highest BCUT2D eigenvalue weighted by molar-refractivity contribution is 5.94.